The number of amides is 1. The molecule has 148 valence electrons. The summed E-state index contributed by atoms with van der Waals surface area (Å²) >= 11 is 0. The summed E-state index contributed by atoms with van der Waals surface area (Å²) in [6, 6.07) is 12.3. The summed E-state index contributed by atoms with van der Waals surface area (Å²) in [5.74, 6) is -0.0657. The summed E-state index contributed by atoms with van der Waals surface area (Å²) in [7, 11) is 3.41. The molecule has 0 saturated carbocycles. The van der Waals surface area contributed by atoms with Crippen LogP contribution in [-0.2, 0) is 11.3 Å². The molecule has 2 aromatic carbocycles. The molecule has 6 nitrogen and oxygen atoms in total. The summed E-state index contributed by atoms with van der Waals surface area (Å²) in [4.78, 5) is 26.6. The van der Waals surface area contributed by atoms with Gasteiger partial charge >= 0.3 is 5.97 Å². The predicted octanol–water partition coefficient (Wildman–Crippen LogP) is 2.31. The minimum Gasteiger partial charge on any atom is -0.465 e. The number of aliphatic hydroxyl groups excluding tert-OH is 1. The molecule has 2 aromatic rings. The van der Waals surface area contributed by atoms with Crippen LogP contribution < -0.4 is 5.32 Å². The summed E-state index contributed by atoms with van der Waals surface area (Å²) < 4.78 is 4.73. The molecule has 1 aliphatic rings. The van der Waals surface area contributed by atoms with Crippen LogP contribution in [0.15, 0.2) is 42.5 Å². The van der Waals surface area contributed by atoms with Crippen molar-refractivity contribution in [3.8, 4) is 11.1 Å². The molecule has 1 saturated heterocycles. The van der Waals surface area contributed by atoms with Crippen LogP contribution in [0.3, 0.4) is 0 Å². The van der Waals surface area contributed by atoms with Crippen LogP contribution >= 0.6 is 0 Å². The Bertz CT molecular complexity index is 865. The summed E-state index contributed by atoms with van der Waals surface area (Å²) in [6.07, 6.45) is 1.10. The molecule has 0 aromatic heterocycles. The Labute approximate surface area is 165 Å². The zero-order valence-corrected chi connectivity index (χ0v) is 16.3. The summed E-state index contributed by atoms with van der Waals surface area (Å²) in [6.45, 7) is 2.53. The van der Waals surface area contributed by atoms with Gasteiger partial charge < -0.3 is 20.1 Å². The quantitative estimate of drug-likeness (QED) is 0.750. The van der Waals surface area contributed by atoms with E-state index in [0.29, 0.717) is 29.2 Å². The van der Waals surface area contributed by atoms with Gasteiger partial charge in [-0.05, 0) is 66.9 Å². The third-order valence-electron chi connectivity index (χ3n) is 5.17. The number of carbonyl (C=O) groups excluding carboxylic acids is 2. The molecule has 1 aliphatic heterocycles. The smallest absolute Gasteiger partial charge is 0.337 e. The molecule has 1 atom stereocenters. The number of aliphatic hydroxyl groups is 1. The molecule has 2 N–H and O–H groups in total. The van der Waals surface area contributed by atoms with Crippen LogP contribution in [0.1, 0.15) is 32.7 Å². The van der Waals surface area contributed by atoms with Crippen LogP contribution in [0.4, 0.5) is 0 Å². The van der Waals surface area contributed by atoms with E-state index in [0.717, 1.165) is 30.6 Å². The molecule has 0 spiro atoms. The first-order valence-electron chi connectivity index (χ1n) is 9.41. The van der Waals surface area contributed by atoms with E-state index in [4.69, 9.17) is 4.74 Å². The topological polar surface area (TPSA) is 78.9 Å². The zero-order chi connectivity index (χ0) is 20.1. The largest absolute Gasteiger partial charge is 0.465 e. The molecule has 1 amide bonds. The Hall–Kier alpha value is -2.70. The van der Waals surface area contributed by atoms with Crippen LogP contribution in [0.25, 0.3) is 11.1 Å². The Morgan fingerprint density at radius 1 is 1.21 bits per heavy atom. The number of esters is 1. The van der Waals surface area contributed by atoms with E-state index < -0.39 is 5.97 Å². The number of likely N-dealkylation sites (tertiary alicyclic amines) is 1. The zero-order valence-electron chi connectivity index (χ0n) is 16.3. The fourth-order valence-corrected chi connectivity index (χ4v) is 3.61. The van der Waals surface area contributed by atoms with Gasteiger partial charge in [0.25, 0.3) is 5.91 Å². The molecule has 0 bridgehead atoms. The number of ether oxygens (including phenoxy) is 1. The lowest BCUT2D eigenvalue weighted by atomic mass is 9.96. The molecule has 3 rings (SSSR count). The summed E-state index contributed by atoms with van der Waals surface area (Å²) in [5.41, 5.74) is 3.15. The highest BCUT2D eigenvalue weighted by atomic mass is 16.5. The Kier molecular flexibility index (Phi) is 6.44. The molecule has 0 aliphatic carbocycles. The molecule has 6 heteroatoms. The normalized spacial score (nSPS) is 16.8. The number of nitrogens with zero attached hydrogens (tertiary/aromatic N) is 1. The Morgan fingerprint density at radius 3 is 2.71 bits per heavy atom. The van der Waals surface area contributed by atoms with Gasteiger partial charge in [0.1, 0.15) is 0 Å². The third-order valence-corrected chi connectivity index (χ3v) is 5.17. The molecule has 1 heterocycles. The van der Waals surface area contributed by atoms with Crippen LogP contribution in [0.2, 0.25) is 0 Å². The van der Waals surface area contributed by atoms with Crippen molar-refractivity contribution < 1.29 is 19.4 Å². The second kappa shape index (κ2) is 8.99. The fourth-order valence-electron chi connectivity index (χ4n) is 3.61. The first kappa shape index (κ1) is 20.0. The van der Waals surface area contributed by atoms with E-state index in [1.54, 1.807) is 24.3 Å². The van der Waals surface area contributed by atoms with Crippen molar-refractivity contribution in [2.45, 2.75) is 13.0 Å². The van der Waals surface area contributed by atoms with Gasteiger partial charge in [0, 0.05) is 18.7 Å². The maximum absolute atomic E-state index is 12.6. The van der Waals surface area contributed by atoms with Gasteiger partial charge in [-0.25, -0.2) is 4.79 Å². The number of rotatable bonds is 6. The maximum atomic E-state index is 12.6. The molecule has 1 fully saturated rings. The van der Waals surface area contributed by atoms with Crippen molar-refractivity contribution in [1.82, 2.24) is 10.2 Å². The monoisotopic (exact) mass is 382 g/mol. The SMILES string of the molecule is COC(=O)c1ccc(-c2cccc(C(=O)NC[C@@H]3CCN(C)C3)c2)c(CO)c1. The van der Waals surface area contributed by atoms with Gasteiger partial charge in [-0.1, -0.05) is 18.2 Å². The van der Waals surface area contributed by atoms with Crippen LogP contribution in [0, 0.1) is 5.92 Å². The van der Waals surface area contributed by atoms with Crippen molar-refractivity contribution in [3.63, 3.8) is 0 Å². The van der Waals surface area contributed by atoms with Gasteiger partial charge in [0.15, 0.2) is 0 Å². The fraction of sp³-hybridized carbons (Fsp3) is 0.364. The van der Waals surface area contributed by atoms with Gasteiger partial charge in [0.2, 0.25) is 0 Å². The molecular weight excluding hydrogens is 356 g/mol. The van der Waals surface area contributed by atoms with Crippen LogP contribution in [0.5, 0.6) is 0 Å². The highest BCUT2D eigenvalue weighted by Gasteiger charge is 2.20. The van der Waals surface area contributed by atoms with E-state index >= 15 is 0 Å². The van der Waals surface area contributed by atoms with E-state index in [9.17, 15) is 14.7 Å². The summed E-state index contributed by atoms with van der Waals surface area (Å²) in [5, 5.41) is 12.8. The lowest BCUT2D eigenvalue weighted by molar-refractivity contribution is 0.0600. The van der Waals surface area contributed by atoms with E-state index in [1.807, 2.05) is 18.2 Å². The number of hydrogen-bond donors (Lipinski definition) is 2. The van der Waals surface area contributed by atoms with Gasteiger partial charge in [0.05, 0.1) is 19.3 Å². The van der Waals surface area contributed by atoms with E-state index in [1.165, 1.54) is 7.11 Å². The number of carbonyl (C=O) groups is 2. The Morgan fingerprint density at radius 2 is 2.04 bits per heavy atom. The highest BCUT2D eigenvalue weighted by Crippen LogP contribution is 2.26. The molecular formula is C22H26N2O4. The second-order valence-electron chi connectivity index (χ2n) is 7.23. The molecule has 28 heavy (non-hydrogen) atoms. The van der Waals surface area contributed by atoms with Gasteiger partial charge in [-0.2, -0.15) is 0 Å². The van der Waals surface area contributed by atoms with Crippen molar-refractivity contribution >= 4 is 11.9 Å². The highest BCUT2D eigenvalue weighted by molar-refractivity contribution is 5.96. The minimum absolute atomic E-state index is 0.104. The number of benzene rings is 2. The minimum atomic E-state index is -0.452. The van der Waals surface area contributed by atoms with E-state index in [-0.39, 0.29) is 12.5 Å². The maximum Gasteiger partial charge on any atom is 0.337 e. The van der Waals surface area contributed by atoms with Gasteiger partial charge in [-0.15, -0.1) is 0 Å². The lowest BCUT2D eigenvalue weighted by Crippen LogP contribution is -2.30. The average molecular weight is 382 g/mol. The van der Waals surface area contributed by atoms with Crippen LogP contribution in [-0.4, -0.2) is 55.7 Å². The average Bonchev–Trinajstić information content (AvgIpc) is 3.16. The van der Waals surface area contributed by atoms with E-state index in [2.05, 4.69) is 17.3 Å². The van der Waals surface area contributed by atoms with Crippen molar-refractivity contribution in [2.75, 3.05) is 33.8 Å². The first-order valence-corrected chi connectivity index (χ1v) is 9.41. The number of nitrogens with one attached hydrogen (secondary N) is 1. The standard InChI is InChI=1S/C22H26N2O4/c1-24-9-8-15(13-24)12-23-21(26)17-5-3-4-16(10-17)20-7-6-18(22(27)28-2)11-19(20)14-25/h3-7,10-11,15,25H,8-9,12-14H2,1-2H3,(H,23,26)/t15-/m0/s1. The predicted molar refractivity (Wildman–Crippen MR) is 107 cm³/mol. The van der Waals surface area contributed by atoms with Crippen molar-refractivity contribution in [2.24, 2.45) is 5.92 Å². The second-order valence-corrected chi connectivity index (χ2v) is 7.23. The third kappa shape index (κ3) is 4.58. The number of hydrogen-bond acceptors (Lipinski definition) is 5. The lowest BCUT2D eigenvalue weighted by Gasteiger charge is -2.13. The van der Waals surface area contributed by atoms with Gasteiger partial charge in [-0.3, -0.25) is 4.79 Å². The number of methoxy groups -OCH3 is 1. The Balaban J connectivity index is 1.77. The van der Waals surface area contributed by atoms with Crippen molar-refractivity contribution in [1.29, 1.82) is 0 Å². The first-order chi connectivity index (χ1) is 13.5. The molecule has 0 unspecified atom stereocenters. The van der Waals surface area contributed by atoms with Crippen molar-refractivity contribution in [3.05, 3.63) is 59.2 Å². The molecule has 0 radical (unpaired) electrons.